The Morgan fingerprint density at radius 2 is 2.20 bits per heavy atom. The fraction of sp³-hybridized carbons (Fsp3) is 0.500. The molecule has 2 heterocycles. The Labute approximate surface area is 123 Å². The van der Waals surface area contributed by atoms with Crippen molar-refractivity contribution in [1.29, 1.82) is 0 Å². The zero-order chi connectivity index (χ0) is 14.5. The molecule has 2 aromatic rings. The second-order valence-electron chi connectivity index (χ2n) is 4.86. The molecule has 0 bridgehead atoms. The summed E-state index contributed by atoms with van der Waals surface area (Å²) in [5.41, 5.74) is 3.13. The predicted molar refractivity (Wildman–Crippen MR) is 79.9 cm³/mol. The van der Waals surface area contributed by atoms with E-state index in [0.717, 1.165) is 28.5 Å². The van der Waals surface area contributed by atoms with Gasteiger partial charge in [0.1, 0.15) is 0 Å². The van der Waals surface area contributed by atoms with Gasteiger partial charge in [0.2, 0.25) is 5.91 Å². The molecule has 0 aliphatic rings. The molecule has 108 valence electrons. The Kier molecular flexibility index (Phi) is 4.89. The highest BCUT2D eigenvalue weighted by atomic mass is 32.1. The lowest BCUT2D eigenvalue weighted by molar-refractivity contribution is -0.121. The van der Waals surface area contributed by atoms with Crippen LogP contribution < -0.4 is 5.32 Å². The van der Waals surface area contributed by atoms with Gasteiger partial charge in [-0.05, 0) is 26.8 Å². The average Bonchev–Trinajstić information content (AvgIpc) is 2.93. The molecule has 20 heavy (non-hydrogen) atoms. The predicted octanol–water partition coefficient (Wildman–Crippen LogP) is 2.01. The van der Waals surface area contributed by atoms with Crippen molar-refractivity contribution in [3.63, 3.8) is 0 Å². The van der Waals surface area contributed by atoms with Crippen molar-refractivity contribution in [1.82, 2.24) is 20.1 Å². The number of hydrogen-bond acceptors (Lipinski definition) is 4. The van der Waals surface area contributed by atoms with Crippen LogP contribution in [0.25, 0.3) is 0 Å². The molecule has 0 unspecified atom stereocenters. The van der Waals surface area contributed by atoms with Gasteiger partial charge in [-0.15, -0.1) is 11.3 Å². The maximum absolute atomic E-state index is 11.8. The van der Waals surface area contributed by atoms with Gasteiger partial charge in [0.25, 0.3) is 0 Å². The minimum absolute atomic E-state index is 0.0597. The smallest absolute Gasteiger partial charge is 0.221 e. The second-order valence-corrected chi connectivity index (χ2v) is 5.92. The summed E-state index contributed by atoms with van der Waals surface area (Å²) in [6.07, 6.45) is 1.24. The van der Waals surface area contributed by atoms with Gasteiger partial charge >= 0.3 is 0 Å². The van der Waals surface area contributed by atoms with Crippen molar-refractivity contribution in [2.75, 3.05) is 6.54 Å². The first-order valence-corrected chi connectivity index (χ1v) is 7.61. The van der Waals surface area contributed by atoms with Gasteiger partial charge in [0.05, 0.1) is 16.4 Å². The minimum atomic E-state index is 0.0597. The number of aryl methyl sites for hydroxylation is 4. The van der Waals surface area contributed by atoms with Crippen molar-refractivity contribution >= 4 is 17.2 Å². The fourth-order valence-corrected chi connectivity index (χ4v) is 2.70. The van der Waals surface area contributed by atoms with E-state index >= 15 is 0 Å². The molecular formula is C14H20N4OS. The summed E-state index contributed by atoms with van der Waals surface area (Å²) in [6, 6.07) is 2.02. The maximum Gasteiger partial charge on any atom is 0.221 e. The van der Waals surface area contributed by atoms with Crippen molar-refractivity contribution in [3.8, 4) is 0 Å². The Balaban J connectivity index is 1.69. The molecule has 0 saturated heterocycles. The van der Waals surface area contributed by atoms with Crippen molar-refractivity contribution in [2.24, 2.45) is 0 Å². The molecule has 0 aromatic carbocycles. The van der Waals surface area contributed by atoms with Crippen LogP contribution in [0.3, 0.4) is 0 Å². The summed E-state index contributed by atoms with van der Waals surface area (Å²) in [6.45, 7) is 7.21. The van der Waals surface area contributed by atoms with Gasteiger partial charge in [-0.3, -0.25) is 9.48 Å². The monoisotopic (exact) mass is 292 g/mol. The molecule has 1 N–H and O–H groups in total. The largest absolute Gasteiger partial charge is 0.356 e. The number of hydrogen-bond donors (Lipinski definition) is 1. The lowest BCUT2D eigenvalue weighted by Crippen LogP contribution is -2.27. The normalized spacial score (nSPS) is 10.8. The van der Waals surface area contributed by atoms with Crippen LogP contribution in [0.4, 0.5) is 0 Å². The summed E-state index contributed by atoms with van der Waals surface area (Å²) in [5.74, 6) is 0.0597. The first kappa shape index (κ1) is 14.7. The molecule has 6 heteroatoms. The van der Waals surface area contributed by atoms with E-state index in [-0.39, 0.29) is 5.91 Å². The van der Waals surface area contributed by atoms with Crippen molar-refractivity contribution in [3.05, 3.63) is 33.5 Å². The van der Waals surface area contributed by atoms with E-state index in [0.29, 0.717) is 19.5 Å². The molecule has 0 spiro atoms. The standard InChI is InChI=1S/C14H20N4OS/c1-10-8-11(2)18(17-10)7-5-14(19)15-6-4-13-9-20-12(3)16-13/h8-9H,4-7H2,1-3H3,(H,15,19). The molecule has 0 saturated carbocycles. The summed E-state index contributed by atoms with van der Waals surface area (Å²) < 4.78 is 1.87. The number of amides is 1. The molecule has 0 atom stereocenters. The second kappa shape index (κ2) is 6.65. The van der Waals surface area contributed by atoms with Gasteiger partial charge in [-0.2, -0.15) is 5.10 Å². The third-order valence-electron chi connectivity index (χ3n) is 3.02. The van der Waals surface area contributed by atoms with E-state index in [1.54, 1.807) is 11.3 Å². The van der Waals surface area contributed by atoms with Gasteiger partial charge < -0.3 is 5.32 Å². The Bertz CT molecular complexity index is 588. The van der Waals surface area contributed by atoms with Crippen molar-refractivity contribution < 1.29 is 4.79 Å². The lowest BCUT2D eigenvalue weighted by atomic mass is 10.3. The van der Waals surface area contributed by atoms with Gasteiger partial charge in [-0.1, -0.05) is 0 Å². The average molecular weight is 292 g/mol. The van der Waals surface area contributed by atoms with E-state index in [4.69, 9.17) is 0 Å². The number of aromatic nitrogens is 3. The third-order valence-corrected chi connectivity index (χ3v) is 3.85. The molecule has 0 fully saturated rings. The van der Waals surface area contributed by atoms with Crippen LogP contribution in [-0.4, -0.2) is 27.2 Å². The molecular weight excluding hydrogens is 272 g/mol. The highest BCUT2D eigenvalue weighted by Crippen LogP contribution is 2.07. The molecule has 0 radical (unpaired) electrons. The van der Waals surface area contributed by atoms with E-state index in [2.05, 4.69) is 15.4 Å². The molecule has 0 aliphatic heterocycles. The molecule has 1 amide bonds. The topological polar surface area (TPSA) is 59.8 Å². The SMILES string of the molecule is Cc1cc(C)n(CCC(=O)NCCc2csc(C)n2)n1. The Morgan fingerprint density at radius 1 is 1.40 bits per heavy atom. The fourth-order valence-electron chi connectivity index (χ4n) is 2.05. The van der Waals surface area contributed by atoms with Crippen LogP contribution in [-0.2, 0) is 17.8 Å². The van der Waals surface area contributed by atoms with E-state index in [9.17, 15) is 4.79 Å². The van der Waals surface area contributed by atoms with Crippen LogP contribution in [0, 0.1) is 20.8 Å². The summed E-state index contributed by atoms with van der Waals surface area (Å²) in [5, 5.41) is 10.4. The van der Waals surface area contributed by atoms with Crippen molar-refractivity contribution in [2.45, 2.75) is 40.2 Å². The Morgan fingerprint density at radius 3 is 2.80 bits per heavy atom. The summed E-state index contributed by atoms with van der Waals surface area (Å²) >= 11 is 1.64. The first-order chi connectivity index (χ1) is 9.54. The van der Waals surface area contributed by atoms with Gasteiger partial charge in [-0.25, -0.2) is 4.98 Å². The van der Waals surface area contributed by atoms with Gasteiger partial charge in [0.15, 0.2) is 0 Å². The van der Waals surface area contributed by atoms with E-state index in [1.165, 1.54) is 0 Å². The number of nitrogens with zero attached hydrogens (tertiary/aromatic N) is 3. The number of carbonyl (C=O) groups excluding carboxylic acids is 1. The third kappa shape index (κ3) is 4.16. The highest BCUT2D eigenvalue weighted by Gasteiger charge is 2.05. The quantitative estimate of drug-likeness (QED) is 0.886. The van der Waals surface area contributed by atoms with Crippen LogP contribution in [0.2, 0.25) is 0 Å². The number of nitrogens with one attached hydrogen (secondary N) is 1. The lowest BCUT2D eigenvalue weighted by Gasteiger charge is -2.05. The summed E-state index contributed by atoms with van der Waals surface area (Å²) in [4.78, 5) is 16.1. The maximum atomic E-state index is 11.8. The zero-order valence-corrected chi connectivity index (χ0v) is 13.0. The first-order valence-electron chi connectivity index (χ1n) is 6.73. The Hall–Kier alpha value is -1.69. The number of carbonyl (C=O) groups is 1. The van der Waals surface area contributed by atoms with Crippen LogP contribution in [0.15, 0.2) is 11.4 Å². The number of thiazole rings is 1. The van der Waals surface area contributed by atoms with Crippen LogP contribution in [0.1, 0.15) is 28.5 Å². The molecule has 5 nitrogen and oxygen atoms in total. The van der Waals surface area contributed by atoms with Crippen LogP contribution >= 0.6 is 11.3 Å². The molecule has 0 aliphatic carbocycles. The van der Waals surface area contributed by atoms with E-state index in [1.807, 2.05) is 36.9 Å². The zero-order valence-electron chi connectivity index (χ0n) is 12.1. The molecule has 2 aromatic heterocycles. The van der Waals surface area contributed by atoms with Crippen LogP contribution in [0.5, 0.6) is 0 Å². The van der Waals surface area contributed by atoms with E-state index < -0.39 is 0 Å². The highest BCUT2D eigenvalue weighted by molar-refractivity contribution is 7.09. The minimum Gasteiger partial charge on any atom is -0.356 e. The number of rotatable bonds is 6. The molecule has 2 rings (SSSR count). The van der Waals surface area contributed by atoms with Gasteiger partial charge in [0, 0.05) is 37.0 Å². The summed E-state index contributed by atoms with van der Waals surface area (Å²) in [7, 11) is 0.